The maximum Gasteiger partial charge on any atom is 1.00 e. The van der Waals surface area contributed by atoms with Gasteiger partial charge in [0.2, 0.25) is 0 Å². The summed E-state index contributed by atoms with van der Waals surface area (Å²) in [5.74, 6) is 1.47. The number of rotatable bonds is 4. The number of nitrogens with zero attached hydrogens (tertiary/aromatic N) is 1. The van der Waals surface area contributed by atoms with Gasteiger partial charge >= 0.3 is 66.7 Å². The zero-order valence-electron chi connectivity index (χ0n) is 11.5. The molecule has 0 bridgehead atoms. The van der Waals surface area contributed by atoms with Gasteiger partial charge in [0, 0.05) is 24.1 Å². The molecule has 2 rings (SSSR count). The molecule has 0 amide bonds. The Morgan fingerprint density at radius 2 is 1.75 bits per heavy atom. The zero-order chi connectivity index (χ0) is 13.6. The summed E-state index contributed by atoms with van der Waals surface area (Å²) in [6, 6.07) is -0.211. The molecule has 7 nitrogen and oxygen atoms in total. The Kier molecular flexibility index (Phi) is 9.76. The van der Waals surface area contributed by atoms with E-state index < -0.39 is 20.7 Å². The third-order valence-corrected chi connectivity index (χ3v) is 7.82. The molecule has 0 radical (unpaired) electrons. The Bertz CT molecular complexity index is 392. The largest absolute Gasteiger partial charge is 1.00 e. The van der Waals surface area contributed by atoms with Gasteiger partial charge in [0.15, 0.2) is 0 Å². The second-order valence-electron chi connectivity index (χ2n) is 4.69. The van der Waals surface area contributed by atoms with Crippen molar-refractivity contribution in [3.05, 3.63) is 0 Å². The first kappa shape index (κ1) is 22.6. The van der Waals surface area contributed by atoms with E-state index in [0.29, 0.717) is 11.5 Å². The van der Waals surface area contributed by atoms with Crippen LogP contribution >= 0.6 is 27.0 Å². The van der Waals surface area contributed by atoms with Gasteiger partial charge in [-0.1, -0.05) is 0 Å². The molecule has 12 heteroatoms. The summed E-state index contributed by atoms with van der Waals surface area (Å²) in [7, 11) is -10.3. The Morgan fingerprint density at radius 1 is 1.20 bits per heavy atom. The molecule has 1 aliphatic carbocycles. The van der Waals surface area contributed by atoms with Gasteiger partial charge in [0.05, 0.1) is 0 Å². The van der Waals surface area contributed by atoms with Gasteiger partial charge in [-0.3, -0.25) is 9.46 Å². The van der Waals surface area contributed by atoms with Crippen LogP contribution in [-0.2, 0) is 9.13 Å². The minimum absolute atomic E-state index is 0. The van der Waals surface area contributed by atoms with Crippen LogP contribution in [0.15, 0.2) is 0 Å². The zero-order valence-corrected chi connectivity index (χ0v) is 18.2. The van der Waals surface area contributed by atoms with Crippen molar-refractivity contribution >= 4 is 27.0 Å². The first-order valence-electron chi connectivity index (χ1n) is 5.61. The Labute approximate surface area is 166 Å². The summed E-state index contributed by atoms with van der Waals surface area (Å²) in [4.78, 5) is 42.0. The van der Waals surface area contributed by atoms with Crippen LogP contribution in [-0.4, -0.2) is 44.3 Å². The van der Waals surface area contributed by atoms with E-state index in [0.717, 1.165) is 12.8 Å². The van der Waals surface area contributed by atoms with Gasteiger partial charge in [-0.2, -0.15) is 11.8 Å². The fourth-order valence-corrected chi connectivity index (χ4v) is 6.38. The van der Waals surface area contributed by atoms with Crippen molar-refractivity contribution < 1.29 is 87.8 Å². The van der Waals surface area contributed by atoms with E-state index in [1.807, 2.05) is 0 Å². The van der Waals surface area contributed by atoms with Crippen molar-refractivity contribution in [2.24, 2.45) is 5.92 Å². The van der Waals surface area contributed by atoms with Crippen LogP contribution in [0.25, 0.3) is 0 Å². The molecule has 1 heterocycles. The Hall–Kier alpha value is 2.61. The molecule has 1 aliphatic heterocycles. The molecule has 2 aliphatic rings. The molecule has 1 saturated carbocycles. The Morgan fingerprint density at radius 3 is 2.15 bits per heavy atom. The molecule has 0 aromatic heterocycles. The summed E-state index contributed by atoms with van der Waals surface area (Å²) >= 11 is 1.63. The topological polar surface area (TPSA) is 124 Å². The van der Waals surface area contributed by atoms with E-state index >= 15 is 0 Å². The quantitative estimate of drug-likeness (QED) is 0.374. The van der Waals surface area contributed by atoms with Crippen LogP contribution in [0, 0.1) is 5.92 Å². The molecule has 2 fully saturated rings. The van der Waals surface area contributed by atoms with Gasteiger partial charge in [0.25, 0.3) is 0 Å². The van der Waals surface area contributed by atoms with E-state index in [1.165, 1.54) is 4.90 Å². The summed E-state index contributed by atoms with van der Waals surface area (Å²) in [5.41, 5.74) is -2.20. The molecule has 1 saturated heterocycles. The summed E-state index contributed by atoms with van der Waals surface area (Å²) in [6.07, 6.45) is 1.86. The standard InChI is InChI=1S/C8H17NO6P2S.2Na/c10-16(11,12)8(17(13,14)15)9-3-4-18-5-7(9)6-1-2-6;;/h6-8H,1-5H2,(H2,10,11,12)(H2,13,14,15);;/q;2*+1/p-2. The molecule has 106 valence electrons. The molecule has 2 N–H and O–H groups in total. The second-order valence-corrected chi connectivity index (χ2v) is 9.49. The van der Waals surface area contributed by atoms with Crippen molar-refractivity contribution in [3.63, 3.8) is 0 Å². The SMILES string of the molecule is O=P([O-])([O-])C(N1CCSCC1C1CC1)P(=O)(O)O.[Na+].[Na+]. The predicted molar refractivity (Wildman–Crippen MR) is 64.0 cm³/mol. The molecular weight excluding hydrogens is 346 g/mol. The molecule has 2 atom stereocenters. The maximum absolute atomic E-state index is 11.3. The molecule has 0 spiro atoms. The van der Waals surface area contributed by atoms with Gasteiger partial charge in [-0.05, 0) is 26.4 Å². The van der Waals surface area contributed by atoms with Crippen LogP contribution in [0.4, 0.5) is 0 Å². The van der Waals surface area contributed by atoms with Crippen LogP contribution in [0.3, 0.4) is 0 Å². The van der Waals surface area contributed by atoms with Gasteiger partial charge in [-0.15, -0.1) is 0 Å². The predicted octanol–water partition coefficient (Wildman–Crippen LogP) is -6.80. The maximum atomic E-state index is 11.3. The van der Waals surface area contributed by atoms with E-state index in [-0.39, 0.29) is 77.6 Å². The molecule has 0 aromatic rings. The third-order valence-electron chi connectivity index (χ3n) is 3.25. The molecule has 0 aromatic carbocycles. The third kappa shape index (κ3) is 5.91. The number of hydrogen-bond acceptors (Lipinski definition) is 6. The fraction of sp³-hybridized carbons (Fsp3) is 1.00. The van der Waals surface area contributed by atoms with Crippen molar-refractivity contribution in [2.45, 2.75) is 24.4 Å². The average Bonchev–Trinajstić information content (AvgIpc) is 2.97. The minimum atomic E-state index is -5.36. The molecule has 20 heavy (non-hydrogen) atoms. The van der Waals surface area contributed by atoms with Crippen LogP contribution in [0.1, 0.15) is 12.8 Å². The second kappa shape index (κ2) is 8.63. The van der Waals surface area contributed by atoms with Gasteiger partial charge in [0.1, 0.15) is 5.52 Å². The first-order chi connectivity index (χ1) is 8.21. The number of thioether (sulfide) groups is 1. The van der Waals surface area contributed by atoms with Gasteiger partial charge < -0.3 is 24.1 Å². The van der Waals surface area contributed by atoms with Crippen LogP contribution in [0.5, 0.6) is 0 Å². The smallest absolute Gasteiger partial charge is 0.809 e. The van der Waals surface area contributed by atoms with Crippen molar-refractivity contribution in [1.82, 2.24) is 4.90 Å². The minimum Gasteiger partial charge on any atom is -0.809 e. The first-order valence-corrected chi connectivity index (χ1v) is 10.1. The van der Waals surface area contributed by atoms with Crippen molar-refractivity contribution in [2.75, 3.05) is 18.1 Å². The fourth-order valence-electron chi connectivity index (χ4n) is 2.37. The average molecular weight is 361 g/mol. The molecule has 2 unspecified atom stereocenters. The van der Waals surface area contributed by atoms with E-state index in [9.17, 15) is 28.7 Å². The summed E-state index contributed by atoms with van der Waals surface area (Å²) in [5, 5.41) is 0. The van der Waals surface area contributed by atoms with E-state index in [2.05, 4.69) is 0 Å². The van der Waals surface area contributed by atoms with Gasteiger partial charge in [-0.25, -0.2) is 0 Å². The monoisotopic (exact) mass is 361 g/mol. The van der Waals surface area contributed by atoms with Crippen molar-refractivity contribution in [3.8, 4) is 0 Å². The normalized spacial score (nSPS) is 26.3. The van der Waals surface area contributed by atoms with Crippen molar-refractivity contribution in [1.29, 1.82) is 0 Å². The van der Waals surface area contributed by atoms with E-state index in [1.54, 1.807) is 11.8 Å². The summed E-state index contributed by atoms with van der Waals surface area (Å²) < 4.78 is 22.5. The molecular formula is C8H15NNa2O6P2S. The Balaban J connectivity index is 0.00000180. The summed E-state index contributed by atoms with van der Waals surface area (Å²) in [6.45, 7) is 0.232. The van der Waals surface area contributed by atoms with Crippen LogP contribution < -0.4 is 68.9 Å². The van der Waals surface area contributed by atoms with Crippen LogP contribution in [0.2, 0.25) is 0 Å². The van der Waals surface area contributed by atoms with E-state index in [4.69, 9.17) is 0 Å². The number of hydrogen-bond donors (Lipinski definition) is 2.